The number of nitro groups is 1. The van der Waals surface area contributed by atoms with Crippen LogP contribution in [0.4, 0.5) is 10.1 Å². The summed E-state index contributed by atoms with van der Waals surface area (Å²) in [6.45, 7) is 1.12. The molecule has 0 aromatic heterocycles. The van der Waals surface area contributed by atoms with Crippen LogP contribution in [0, 0.1) is 15.9 Å². The van der Waals surface area contributed by atoms with Crippen molar-refractivity contribution in [3.05, 3.63) is 87.7 Å². The van der Waals surface area contributed by atoms with Crippen LogP contribution in [0.15, 0.2) is 70.5 Å². The molecule has 0 atom stereocenters. The van der Waals surface area contributed by atoms with Gasteiger partial charge in [0.15, 0.2) is 11.5 Å². The van der Waals surface area contributed by atoms with E-state index in [-0.39, 0.29) is 17.8 Å². The maximum absolute atomic E-state index is 14.1. The lowest BCUT2D eigenvalue weighted by molar-refractivity contribution is -0.384. The molecule has 0 aliphatic carbocycles. The third-order valence-electron chi connectivity index (χ3n) is 4.53. The molecule has 0 radical (unpaired) electrons. The molecule has 1 aliphatic rings. The Hall–Kier alpha value is -3.59. The van der Waals surface area contributed by atoms with E-state index in [0.717, 1.165) is 17.3 Å². The molecule has 31 heavy (non-hydrogen) atoms. The van der Waals surface area contributed by atoms with Crippen LogP contribution in [0.1, 0.15) is 15.9 Å². The summed E-state index contributed by atoms with van der Waals surface area (Å²) in [6, 6.07) is 15.4. The van der Waals surface area contributed by atoms with Crippen molar-refractivity contribution < 1.29 is 23.6 Å². The number of fused-ring (bicyclic) bond motifs is 1. The molecular formula is C22H17FN2O5S. The Balaban J connectivity index is 1.56. The highest BCUT2D eigenvalue weighted by Crippen LogP contribution is 2.34. The number of benzene rings is 3. The van der Waals surface area contributed by atoms with Crippen molar-refractivity contribution in [2.45, 2.75) is 16.3 Å². The minimum absolute atomic E-state index is 0.0972. The lowest BCUT2D eigenvalue weighted by atomic mass is 10.1. The van der Waals surface area contributed by atoms with E-state index >= 15 is 0 Å². The molecule has 3 aromatic carbocycles. The van der Waals surface area contributed by atoms with E-state index in [1.165, 1.54) is 24.3 Å². The number of hydrogen-bond donors (Lipinski definition) is 1. The number of carbonyl (C=O) groups is 1. The number of nitro benzene ring substituents is 1. The average Bonchev–Trinajstić information content (AvgIpc) is 2.79. The summed E-state index contributed by atoms with van der Waals surface area (Å²) >= 11 is 1.03. The van der Waals surface area contributed by atoms with Gasteiger partial charge in [-0.1, -0.05) is 30.0 Å². The first-order valence-corrected chi connectivity index (χ1v) is 10.2. The highest BCUT2D eigenvalue weighted by Gasteiger charge is 2.19. The van der Waals surface area contributed by atoms with Crippen molar-refractivity contribution in [1.29, 1.82) is 0 Å². The summed E-state index contributed by atoms with van der Waals surface area (Å²) < 4.78 is 25.1. The van der Waals surface area contributed by atoms with Crippen LogP contribution in [0.3, 0.4) is 0 Å². The highest BCUT2D eigenvalue weighted by atomic mass is 32.2. The number of nitrogens with one attached hydrogen (secondary N) is 1. The number of carbonyl (C=O) groups excluding carboxylic acids is 1. The van der Waals surface area contributed by atoms with Gasteiger partial charge in [-0.15, -0.1) is 0 Å². The summed E-state index contributed by atoms with van der Waals surface area (Å²) in [5, 5.41) is 14.0. The van der Waals surface area contributed by atoms with Crippen LogP contribution < -0.4 is 14.8 Å². The molecule has 9 heteroatoms. The summed E-state index contributed by atoms with van der Waals surface area (Å²) in [5.41, 5.74) is 0.661. The lowest BCUT2D eigenvalue weighted by Crippen LogP contribution is -2.24. The summed E-state index contributed by atoms with van der Waals surface area (Å²) in [4.78, 5) is 24.2. The molecule has 1 heterocycles. The van der Waals surface area contributed by atoms with E-state index in [9.17, 15) is 19.3 Å². The predicted molar refractivity (Wildman–Crippen MR) is 112 cm³/mol. The first-order valence-electron chi connectivity index (χ1n) is 9.39. The third-order valence-corrected chi connectivity index (χ3v) is 5.66. The van der Waals surface area contributed by atoms with Gasteiger partial charge in [0.05, 0.1) is 10.5 Å². The number of ether oxygens (including phenoxy) is 2. The molecule has 0 saturated heterocycles. The molecular weight excluding hydrogens is 423 g/mol. The molecule has 0 unspecified atom stereocenters. The van der Waals surface area contributed by atoms with Crippen LogP contribution in [0.5, 0.6) is 11.5 Å². The fourth-order valence-electron chi connectivity index (χ4n) is 3.02. The number of nitrogens with zero attached hydrogens (tertiary/aromatic N) is 1. The number of halogens is 1. The first-order chi connectivity index (χ1) is 15.0. The van der Waals surface area contributed by atoms with Gasteiger partial charge in [0.1, 0.15) is 19.0 Å². The van der Waals surface area contributed by atoms with Gasteiger partial charge >= 0.3 is 0 Å². The lowest BCUT2D eigenvalue weighted by Gasteiger charge is -2.19. The Morgan fingerprint density at radius 2 is 1.81 bits per heavy atom. The van der Waals surface area contributed by atoms with E-state index in [1.54, 1.807) is 36.4 Å². The van der Waals surface area contributed by atoms with Crippen molar-refractivity contribution >= 4 is 23.4 Å². The topological polar surface area (TPSA) is 90.7 Å². The molecule has 1 N–H and O–H groups in total. The van der Waals surface area contributed by atoms with Crippen molar-refractivity contribution in [3.63, 3.8) is 0 Å². The maximum atomic E-state index is 14.1. The minimum Gasteiger partial charge on any atom is -0.486 e. The van der Waals surface area contributed by atoms with E-state index in [1.807, 2.05) is 0 Å². The number of rotatable bonds is 6. The van der Waals surface area contributed by atoms with Crippen molar-refractivity contribution in [1.82, 2.24) is 5.32 Å². The Kier molecular flexibility index (Phi) is 6.03. The molecule has 0 spiro atoms. The second-order valence-electron chi connectivity index (χ2n) is 6.63. The fourth-order valence-corrected chi connectivity index (χ4v) is 3.97. The van der Waals surface area contributed by atoms with Crippen molar-refractivity contribution in [3.8, 4) is 11.5 Å². The minimum atomic E-state index is -0.574. The fraction of sp³-hybridized carbons (Fsp3) is 0.136. The third kappa shape index (κ3) is 4.77. The largest absolute Gasteiger partial charge is 0.486 e. The first kappa shape index (κ1) is 20.7. The molecule has 158 valence electrons. The molecule has 1 amide bonds. The zero-order valence-corrected chi connectivity index (χ0v) is 17.0. The molecule has 1 aliphatic heterocycles. The number of amides is 1. The van der Waals surface area contributed by atoms with Gasteiger partial charge in [-0.25, -0.2) is 4.39 Å². The van der Waals surface area contributed by atoms with Crippen LogP contribution >= 0.6 is 11.8 Å². The standard InChI is InChI=1S/C22H17FN2O5S/c23-17-3-1-2-4-21(17)31-20-8-6-15(25(27)28)12-16(20)22(26)24-13-14-5-7-18-19(11-14)30-10-9-29-18/h1-8,11-12H,9-10,13H2,(H,24,26). The molecule has 7 nitrogen and oxygen atoms in total. The van der Waals surface area contributed by atoms with Gasteiger partial charge in [-0.05, 0) is 35.9 Å². The molecule has 0 fully saturated rings. The second-order valence-corrected chi connectivity index (χ2v) is 7.71. The van der Waals surface area contributed by atoms with Gasteiger partial charge in [-0.2, -0.15) is 0 Å². The van der Waals surface area contributed by atoms with Crippen LogP contribution in [0.2, 0.25) is 0 Å². The number of hydrogen-bond acceptors (Lipinski definition) is 6. The zero-order chi connectivity index (χ0) is 21.8. The molecule has 4 rings (SSSR count). The van der Waals surface area contributed by atoms with Crippen molar-refractivity contribution in [2.75, 3.05) is 13.2 Å². The second kappa shape index (κ2) is 9.05. The average molecular weight is 440 g/mol. The van der Waals surface area contributed by atoms with Gasteiger partial charge in [-0.3, -0.25) is 14.9 Å². The van der Waals surface area contributed by atoms with Crippen LogP contribution in [-0.4, -0.2) is 24.0 Å². The monoisotopic (exact) mass is 440 g/mol. The normalized spacial score (nSPS) is 12.3. The number of non-ortho nitro benzene ring substituents is 1. The van der Waals surface area contributed by atoms with Gasteiger partial charge in [0, 0.05) is 28.5 Å². The Bertz CT molecular complexity index is 1150. The highest BCUT2D eigenvalue weighted by molar-refractivity contribution is 7.99. The maximum Gasteiger partial charge on any atom is 0.270 e. The Morgan fingerprint density at radius 3 is 2.58 bits per heavy atom. The predicted octanol–water partition coefficient (Wildman–Crippen LogP) is 4.59. The van der Waals surface area contributed by atoms with E-state index in [2.05, 4.69) is 5.32 Å². The van der Waals surface area contributed by atoms with Gasteiger partial charge in [0.25, 0.3) is 11.6 Å². The zero-order valence-electron chi connectivity index (χ0n) is 16.2. The summed E-state index contributed by atoms with van der Waals surface area (Å²) in [6.07, 6.45) is 0. The van der Waals surface area contributed by atoms with Crippen LogP contribution in [-0.2, 0) is 6.54 Å². The quantitative estimate of drug-likeness (QED) is 0.446. The van der Waals surface area contributed by atoms with Gasteiger partial charge < -0.3 is 14.8 Å². The van der Waals surface area contributed by atoms with Gasteiger partial charge in [0.2, 0.25) is 0 Å². The van der Waals surface area contributed by atoms with Crippen LogP contribution in [0.25, 0.3) is 0 Å². The molecule has 3 aromatic rings. The summed E-state index contributed by atoms with van der Waals surface area (Å²) in [7, 11) is 0. The molecule has 0 saturated carbocycles. The van der Waals surface area contributed by atoms with E-state index in [0.29, 0.717) is 34.5 Å². The Morgan fingerprint density at radius 1 is 1.03 bits per heavy atom. The Labute approximate surface area is 181 Å². The van der Waals surface area contributed by atoms with E-state index < -0.39 is 16.6 Å². The smallest absolute Gasteiger partial charge is 0.270 e. The summed E-state index contributed by atoms with van der Waals surface area (Å²) in [5.74, 6) is 0.304. The SMILES string of the molecule is O=C(NCc1ccc2c(c1)OCCO2)c1cc([N+](=O)[O-])ccc1Sc1ccccc1F. The molecule has 0 bridgehead atoms. The van der Waals surface area contributed by atoms with E-state index in [4.69, 9.17) is 9.47 Å². The van der Waals surface area contributed by atoms with Crippen molar-refractivity contribution in [2.24, 2.45) is 0 Å².